The summed E-state index contributed by atoms with van der Waals surface area (Å²) in [6, 6.07) is 4.46. The number of anilines is 2. The summed E-state index contributed by atoms with van der Waals surface area (Å²) < 4.78 is 28.7. The zero-order chi connectivity index (χ0) is 20.5. The molecule has 0 saturated carbocycles. The van der Waals surface area contributed by atoms with Crippen LogP contribution in [0.25, 0.3) is 0 Å². The predicted molar refractivity (Wildman–Crippen MR) is 105 cm³/mol. The standard InChI is InChI=1S/C18H23N5O4S/c1-12-8-14(16(21-10-12)23-6-7-27-18(2,3)11-23)17(24)22-13-4-5-20-15(9-13)28(19,25)26/h4-5,8-10H,6-7,11H2,1-3H3,(H2,19,25,26)(H,20,22,24). The minimum Gasteiger partial charge on any atom is -0.372 e. The summed E-state index contributed by atoms with van der Waals surface area (Å²) >= 11 is 0. The van der Waals surface area contributed by atoms with Crippen molar-refractivity contribution < 1.29 is 17.9 Å². The summed E-state index contributed by atoms with van der Waals surface area (Å²) in [5.41, 5.74) is 1.15. The van der Waals surface area contributed by atoms with E-state index in [1.807, 2.05) is 25.7 Å². The van der Waals surface area contributed by atoms with Gasteiger partial charge in [-0.25, -0.2) is 23.5 Å². The van der Waals surface area contributed by atoms with Crippen molar-refractivity contribution in [1.82, 2.24) is 9.97 Å². The molecule has 1 saturated heterocycles. The number of nitrogens with zero attached hydrogens (tertiary/aromatic N) is 3. The van der Waals surface area contributed by atoms with Crippen LogP contribution in [0.5, 0.6) is 0 Å². The first-order chi connectivity index (χ1) is 13.0. The number of nitrogens with two attached hydrogens (primary N) is 1. The topological polar surface area (TPSA) is 128 Å². The molecule has 28 heavy (non-hydrogen) atoms. The second kappa shape index (κ2) is 7.46. The molecule has 0 aromatic carbocycles. The summed E-state index contributed by atoms with van der Waals surface area (Å²) in [7, 11) is -3.97. The Morgan fingerprint density at radius 1 is 1.32 bits per heavy atom. The summed E-state index contributed by atoms with van der Waals surface area (Å²) in [6.45, 7) is 7.56. The van der Waals surface area contributed by atoms with E-state index in [0.717, 1.165) is 5.56 Å². The molecule has 2 aromatic rings. The van der Waals surface area contributed by atoms with Crippen molar-refractivity contribution in [3.8, 4) is 0 Å². The largest absolute Gasteiger partial charge is 0.372 e. The highest BCUT2D eigenvalue weighted by atomic mass is 32.2. The smallest absolute Gasteiger partial charge is 0.259 e. The summed E-state index contributed by atoms with van der Waals surface area (Å²) in [5, 5.41) is 7.49. The first-order valence-electron chi connectivity index (χ1n) is 8.71. The van der Waals surface area contributed by atoms with E-state index in [0.29, 0.717) is 31.1 Å². The number of hydrogen-bond acceptors (Lipinski definition) is 7. The van der Waals surface area contributed by atoms with Gasteiger partial charge in [-0.2, -0.15) is 0 Å². The molecule has 0 spiro atoms. The number of amides is 1. The third kappa shape index (κ3) is 4.64. The zero-order valence-corrected chi connectivity index (χ0v) is 16.8. The van der Waals surface area contributed by atoms with Gasteiger partial charge in [-0.1, -0.05) is 0 Å². The minimum atomic E-state index is -3.97. The van der Waals surface area contributed by atoms with E-state index >= 15 is 0 Å². The fourth-order valence-electron chi connectivity index (χ4n) is 3.02. The summed E-state index contributed by atoms with van der Waals surface area (Å²) in [5.74, 6) is 0.155. The van der Waals surface area contributed by atoms with E-state index < -0.39 is 15.9 Å². The highest BCUT2D eigenvalue weighted by molar-refractivity contribution is 7.89. The van der Waals surface area contributed by atoms with Crippen molar-refractivity contribution in [2.75, 3.05) is 29.9 Å². The second-order valence-electron chi connectivity index (χ2n) is 7.30. The van der Waals surface area contributed by atoms with E-state index in [1.165, 1.54) is 18.3 Å². The number of ether oxygens (including phenoxy) is 1. The number of rotatable bonds is 4. The molecule has 3 N–H and O–H groups in total. The normalized spacial score (nSPS) is 16.6. The molecule has 10 heteroatoms. The SMILES string of the molecule is Cc1cnc(N2CCOC(C)(C)C2)c(C(=O)Nc2ccnc(S(N)(=O)=O)c2)c1. The molecule has 0 unspecified atom stereocenters. The van der Waals surface area contributed by atoms with Crippen LogP contribution in [0.2, 0.25) is 0 Å². The van der Waals surface area contributed by atoms with Gasteiger partial charge in [0.1, 0.15) is 5.82 Å². The Hall–Kier alpha value is -2.56. The molecule has 2 aromatic heterocycles. The van der Waals surface area contributed by atoms with Crippen molar-refractivity contribution in [3.63, 3.8) is 0 Å². The zero-order valence-electron chi connectivity index (χ0n) is 16.0. The maximum absolute atomic E-state index is 12.9. The number of nitrogens with one attached hydrogen (secondary N) is 1. The van der Waals surface area contributed by atoms with Gasteiger partial charge in [-0.05, 0) is 38.5 Å². The van der Waals surface area contributed by atoms with Crippen molar-refractivity contribution >= 4 is 27.4 Å². The number of carbonyl (C=O) groups is 1. The first kappa shape index (κ1) is 20.2. The minimum absolute atomic E-state index is 0.277. The Balaban J connectivity index is 1.91. The molecular weight excluding hydrogens is 382 g/mol. The molecule has 1 amide bonds. The third-order valence-corrected chi connectivity index (χ3v) is 5.06. The van der Waals surface area contributed by atoms with Gasteiger partial charge in [0.2, 0.25) is 0 Å². The summed E-state index contributed by atoms with van der Waals surface area (Å²) in [4.78, 5) is 23.1. The average molecular weight is 405 g/mol. The van der Waals surface area contributed by atoms with Gasteiger partial charge in [-0.15, -0.1) is 0 Å². The third-order valence-electron chi connectivity index (χ3n) is 4.26. The Bertz CT molecular complexity index is 1010. The van der Waals surface area contributed by atoms with Crippen LogP contribution in [0.4, 0.5) is 11.5 Å². The predicted octanol–water partition coefficient (Wildman–Crippen LogP) is 1.30. The molecule has 1 aliphatic rings. The molecule has 150 valence electrons. The van der Waals surface area contributed by atoms with Gasteiger partial charge < -0.3 is 15.0 Å². The number of pyridine rings is 2. The monoisotopic (exact) mass is 405 g/mol. The number of aromatic nitrogens is 2. The lowest BCUT2D eigenvalue weighted by Crippen LogP contribution is -2.49. The molecule has 9 nitrogen and oxygen atoms in total. The van der Waals surface area contributed by atoms with Gasteiger partial charge in [-0.3, -0.25) is 4.79 Å². The number of carbonyl (C=O) groups excluding carboxylic acids is 1. The van der Waals surface area contributed by atoms with E-state index in [2.05, 4.69) is 15.3 Å². The Morgan fingerprint density at radius 2 is 2.07 bits per heavy atom. The first-order valence-corrected chi connectivity index (χ1v) is 10.3. The van der Waals surface area contributed by atoms with Gasteiger partial charge >= 0.3 is 0 Å². The molecule has 0 bridgehead atoms. The average Bonchev–Trinajstić information content (AvgIpc) is 2.60. The highest BCUT2D eigenvalue weighted by Crippen LogP contribution is 2.26. The van der Waals surface area contributed by atoms with Crippen LogP contribution in [0.15, 0.2) is 35.6 Å². The number of morpholine rings is 1. The second-order valence-corrected chi connectivity index (χ2v) is 8.80. The molecule has 3 heterocycles. The van der Waals surface area contributed by atoms with Gasteiger partial charge in [0.15, 0.2) is 5.03 Å². The van der Waals surface area contributed by atoms with Crippen LogP contribution in [0.1, 0.15) is 29.8 Å². The van der Waals surface area contributed by atoms with Crippen LogP contribution in [-0.4, -0.2) is 49.6 Å². The Labute approximate surface area is 164 Å². The maximum atomic E-state index is 12.9. The van der Waals surface area contributed by atoms with Crippen molar-refractivity contribution in [1.29, 1.82) is 0 Å². The fraction of sp³-hybridized carbons (Fsp3) is 0.389. The Kier molecular flexibility index (Phi) is 5.37. The van der Waals surface area contributed by atoms with Gasteiger partial charge in [0, 0.05) is 37.2 Å². The van der Waals surface area contributed by atoms with Crippen molar-refractivity contribution in [2.45, 2.75) is 31.4 Å². The molecular formula is C18H23N5O4S. The summed E-state index contributed by atoms with van der Waals surface area (Å²) in [6.07, 6.45) is 2.98. The van der Waals surface area contributed by atoms with Gasteiger partial charge in [0.05, 0.1) is 17.8 Å². The van der Waals surface area contributed by atoms with Gasteiger partial charge in [0.25, 0.3) is 15.9 Å². The lowest BCUT2D eigenvalue weighted by Gasteiger charge is -2.39. The lowest BCUT2D eigenvalue weighted by atomic mass is 10.1. The molecule has 0 aliphatic carbocycles. The lowest BCUT2D eigenvalue weighted by molar-refractivity contribution is -0.0279. The van der Waals surface area contributed by atoms with E-state index in [9.17, 15) is 13.2 Å². The van der Waals surface area contributed by atoms with Crippen molar-refractivity contribution in [3.05, 3.63) is 41.7 Å². The van der Waals surface area contributed by atoms with Crippen molar-refractivity contribution in [2.24, 2.45) is 5.14 Å². The van der Waals surface area contributed by atoms with Crippen LogP contribution in [0.3, 0.4) is 0 Å². The number of primary sulfonamides is 1. The van der Waals surface area contributed by atoms with E-state index in [4.69, 9.17) is 9.88 Å². The molecule has 3 rings (SSSR count). The fourth-order valence-corrected chi connectivity index (χ4v) is 3.52. The number of hydrogen-bond donors (Lipinski definition) is 2. The maximum Gasteiger partial charge on any atom is 0.259 e. The van der Waals surface area contributed by atoms with Crippen LogP contribution < -0.4 is 15.4 Å². The molecule has 0 radical (unpaired) electrons. The number of aryl methyl sites for hydroxylation is 1. The molecule has 0 atom stereocenters. The quantitative estimate of drug-likeness (QED) is 0.785. The van der Waals surface area contributed by atoms with E-state index in [1.54, 1.807) is 12.3 Å². The Morgan fingerprint density at radius 3 is 2.75 bits per heavy atom. The number of sulfonamides is 1. The molecule has 1 aliphatic heterocycles. The van der Waals surface area contributed by atoms with Crippen LogP contribution in [0, 0.1) is 6.92 Å². The highest BCUT2D eigenvalue weighted by Gasteiger charge is 2.30. The van der Waals surface area contributed by atoms with E-state index in [-0.39, 0.29) is 16.3 Å². The van der Waals surface area contributed by atoms with Crippen LogP contribution >= 0.6 is 0 Å². The molecule has 1 fully saturated rings. The van der Waals surface area contributed by atoms with Crippen LogP contribution in [-0.2, 0) is 14.8 Å².